The number of carbonyl (C=O) groups is 1. The minimum absolute atomic E-state index is 0.0590. The van der Waals surface area contributed by atoms with Gasteiger partial charge in [-0.25, -0.2) is 4.79 Å². The highest BCUT2D eigenvalue weighted by Crippen LogP contribution is 2.30. The first-order valence-corrected chi connectivity index (χ1v) is 5.93. The second-order valence-corrected chi connectivity index (χ2v) is 4.17. The molecule has 0 atom stereocenters. The lowest BCUT2D eigenvalue weighted by molar-refractivity contribution is 0.0694. The van der Waals surface area contributed by atoms with Crippen LogP contribution in [0.4, 0.5) is 5.69 Å². The number of rotatable bonds is 4. The van der Waals surface area contributed by atoms with Gasteiger partial charge in [0.2, 0.25) is 0 Å². The van der Waals surface area contributed by atoms with Crippen molar-refractivity contribution in [3.05, 3.63) is 47.5 Å². The van der Waals surface area contributed by atoms with E-state index in [1.165, 1.54) is 31.4 Å². The molecule has 21 heavy (non-hydrogen) atoms. The summed E-state index contributed by atoms with van der Waals surface area (Å²) in [5, 5.41) is 18.1. The normalized spacial score (nSPS) is 9.71. The largest absolute Gasteiger partial charge is 0.497 e. The van der Waals surface area contributed by atoms with Gasteiger partial charge in [0.05, 0.1) is 18.7 Å². The Bertz CT molecular complexity index is 735. The number of benzene rings is 2. The maximum absolute atomic E-state index is 11.2. The molecule has 0 spiro atoms. The maximum atomic E-state index is 11.2. The van der Waals surface area contributed by atoms with Gasteiger partial charge in [0.25, 0.3) is 0 Å². The highest BCUT2D eigenvalue weighted by Gasteiger charge is 2.13. The molecule has 0 saturated carbocycles. The second-order valence-electron chi connectivity index (χ2n) is 4.17. The SMILES string of the molecule is COc1cc(C#N)cc(Oc2ccc(N)cc2C(=O)O)c1. The fourth-order valence-corrected chi connectivity index (χ4v) is 1.74. The quantitative estimate of drug-likeness (QED) is 0.836. The third-order valence-corrected chi connectivity index (χ3v) is 2.71. The van der Waals surface area contributed by atoms with Crippen LogP contribution in [0.2, 0.25) is 0 Å². The van der Waals surface area contributed by atoms with Crippen LogP contribution in [0.5, 0.6) is 17.2 Å². The molecule has 2 aromatic carbocycles. The predicted molar refractivity (Wildman–Crippen MR) is 75.6 cm³/mol. The standard InChI is InChI=1S/C15H12N2O4/c1-20-11-4-9(8-16)5-12(7-11)21-14-3-2-10(17)6-13(14)15(18)19/h2-7H,17H2,1H3,(H,18,19). The molecular weight excluding hydrogens is 272 g/mol. The van der Waals surface area contributed by atoms with Crippen LogP contribution in [-0.2, 0) is 0 Å². The summed E-state index contributed by atoms with van der Waals surface area (Å²) in [6.45, 7) is 0. The van der Waals surface area contributed by atoms with Crippen LogP contribution < -0.4 is 15.2 Å². The van der Waals surface area contributed by atoms with E-state index in [4.69, 9.17) is 25.6 Å². The van der Waals surface area contributed by atoms with Crippen molar-refractivity contribution in [3.8, 4) is 23.3 Å². The summed E-state index contributed by atoms with van der Waals surface area (Å²) in [7, 11) is 1.46. The molecule has 106 valence electrons. The lowest BCUT2D eigenvalue weighted by atomic mass is 10.1. The Labute approximate surface area is 120 Å². The first-order chi connectivity index (χ1) is 10.0. The van der Waals surface area contributed by atoms with Crippen molar-refractivity contribution in [1.82, 2.24) is 0 Å². The summed E-state index contributed by atoms with van der Waals surface area (Å²) in [5.41, 5.74) is 6.18. The second kappa shape index (κ2) is 5.84. The molecule has 2 rings (SSSR count). The maximum Gasteiger partial charge on any atom is 0.339 e. The molecule has 0 aliphatic rings. The highest BCUT2D eigenvalue weighted by molar-refractivity contribution is 5.92. The molecule has 2 aromatic rings. The zero-order valence-corrected chi connectivity index (χ0v) is 11.2. The third kappa shape index (κ3) is 3.22. The van der Waals surface area contributed by atoms with E-state index in [0.717, 1.165) is 0 Å². The van der Waals surface area contributed by atoms with Crippen molar-refractivity contribution in [3.63, 3.8) is 0 Å². The smallest absolute Gasteiger partial charge is 0.339 e. The van der Waals surface area contributed by atoms with E-state index >= 15 is 0 Å². The van der Waals surface area contributed by atoms with Gasteiger partial charge < -0.3 is 20.3 Å². The molecule has 0 aromatic heterocycles. The zero-order chi connectivity index (χ0) is 15.4. The predicted octanol–water partition coefficient (Wildman–Crippen LogP) is 2.64. The Morgan fingerprint density at radius 3 is 2.57 bits per heavy atom. The van der Waals surface area contributed by atoms with Gasteiger partial charge in [-0.05, 0) is 30.3 Å². The number of nitrogens with zero attached hydrogens (tertiary/aromatic N) is 1. The number of aromatic carboxylic acids is 1. The Morgan fingerprint density at radius 2 is 1.95 bits per heavy atom. The molecule has 0 radical (unpaired) electrons. The van der Waals surface area contributed by atoms with Gasteiger partial charge >= 0.3 is 5.97 Å². The Morgan fingerprint density at radius 1 is 1.24 bits per heavy atom. The number of hydrogen-bond acceptors (Lipinski definition) is 5. The van der Waals surface area contributed by atoms with Crippen molar-refractivity contribution >= 4 is 11.7 Å². The number of hydrogen-bond donors (Lipinski definition) is 2. The fraction of sp³-hybridized carbons (Fsp3) is 0.0667. The van der Waals surface area contributed by atoms with Crippen LogP contribution in [0, 0.1) is 11.3 Å². The van der Waals surface area contributed by atoms with Gasteiger partial charge in [-0.2, -0.15) is 5.26 Å². The third-order valence-electron chi connectivity index (χ3n) is 2.71. The van der Waals surface area contributed by atoms with Crippen LogP contribution in [0.25, 0.3) is 0 Å². The zero-order valence-electron chi connectivity index (χ0n) is 11.2. The fourth-order valence-electron chi connectivity index (χ4n) is 1.74. The van der Waals surface area contributed by atoms with Crippen molar-refractivity contribution in [2.75, 3.05) is 12.8 Å². The van der Waals surface area contributed by atoms with Gasteiger partial charge in [0, 0.05) is 11.8 Å². The Balaban J connectivity index is 2.43. The molecule has 0 saturated heterocycles. The number of carboxylic acids is 1. The summed E-state index contributed by atoms with van der Waals surface area (Å²) < 4.78 is 10.6. The Hall–Kier alpha value is -3.20. The van der Waals surface area contributed by atoms with E-state index in [9.17, 15) is 4.79 Å². The molecule has 0 aliphatic heterocycles. The van der Waals surface area contributed by atoms with Gasteiger partial charge in [-0.3, -0.25) is 0 Å². The molecule has 0 amide bonds. The van der Waals surface area contributed by atoms with E-state index in [1.807, 2.05) is 6.07 Å². The first-order valence-electron chi connectivity index (χ1n) is 5.93. The number of methoxy groups -OCH3 is 1. The van der Waals surface area contributed by atoms with Crippen molar-refractivity contribution < 1.29 is 19.4 Å². The lowest BCUT2D eigenvalue weighted by Crippen LogP contribution is -2.01. The van der Waals surface area contributed by atoms with E-state index in [1.54, 1.807) is 12.1 Å². The topological polar surface area (TPSA) is 106 Å². The summed E-state index contributed by atoms with van der Waals surface area (Å²) in [5.74, 6) is -0.274. The number of ether oxygens (including phenoxy) is 2. The van der Waals surface area contributed by atoms with Crippen molar-refractivity contribution in [2.45, 2.75) is 0 Å². The lowest BCUT2D eigenvalue weighted by Gasteiger charge is -2.11. The van der Waals surface area contributed by atoms with Gasteiger partial charge in [0.15, 0.2) is 0 Å². The van der Waals surface area contributed by atoms with Gasteiger partial charge in [-0.1, -0.05) is 0 Å². The van der Waals surface area contributed by atoms with E-state index in [0.29, 0.717) is 22.7 Å². The van der Waals surface area contributed by atoms with Crippen molar-refractivity contribution in [2.24, 2.45) is 0 Å². The monoisotopic (exact) mass is 284 g/mol. The summed E-state index contributed by atoms with van der Waals surface area (Å²) in [6.07, 6.45) is 0. The summed E-state index contributed by atoms with van der Waals surface area (Å²) in [6, 6.07) is 10.9. The molecule has 0 heterocycles. The molecule has 3 N–H and O–H groups in total. The number of nitrogens with two attached hydrogens (primary N) is 1. The highest BCUT2D eigenvalue weighted by atomic mass is 16.5. The minimum atomic E-state index is -1.15. The number of nitrogen functional groups attached to an aromatic ring is 1. The average Bonchev–Trinajstić information content (AvgIpc) is 2.48. The number of nitriles is 1. The van der Waals surface area contributed by atoms with E-state index < -0.39 is 5.97 Å². The van der Waals surface area contributed by atoms with E-state index in [2.05, 4.69) is 0 Å². The molecular formula is C15H12N2O4. The average molecular weight is 284 g/mol. The molecule has 0 aliphatic carbocycles. The molecule has 0 unspecified atom stereocenters. The molecule has 0 fully saturated rings. The van der Waals surface area contributed by atoms with Crippen LogP contribution in [0.1, 0.15) is 15.9 Å². The summed E-state index contributed by atoms with van der Waals surface area (Å²) in [4.78, 5) is 11.2. The van der Waals surface area contributed by atoms with Crippen LogP contribution in [0.3, 0.4) is 0 Å². The van der Waals surface area contributed by atoms with Crippen LogP contribution >= 0.6 is 0 Å². The summed E-state index contributed by atoms with van der Waals surface area (Å²) >= 11 is 0. The molecule has 0 bridgehead atoms. The van der Waals surface area contributed by atoms with Gasteiger partial charge in [0.1, 0.15) is 22.8 Å². The molecule has 6 heteroatoms. The minimum Gasteiger partial charge on any atom is -0.497 e. The number of anilines is 1. The van der Waals surface area contributed by atoms with Crippen LogP contribution in [-0.4, -0.2) is 18.2 Å². The van der Waals surface area contributed by atoms with Crippen molar-refractivity contribution in [1.29, 1.82) is 5.26 Å². The van der Waals surface area contributed by atoms with Gasteiger partial charge in [-0.15, -0.1) is 0 Å². The van der Waals surface area contributed by atoms with E-state index in [-0.39, 0.29) is 11.3 Å². The first kappa shape index (κ1) is 14.2. The number of carboxylic acid groups (broad SMARTS) is 1. The Kier molecular flexibility index (Phi) is 3.95. The van der Waals surface area contributed by atoms with Crippen LogP contribution in [0.15, 0.2) is 36.4 Å². The molecule has 6 nitrogen and oxygen atoms in total.